The zero-order valence-corrected chi connectivity index (χ0v) is 11.7. The quantitative estimate of drug-likeness (QED) is 0.918. The van der Waals surface area contributed by atoms with Gasteiger partial charge in [-0.2, -0.15) is 0 Å². The molecule has 2 aliphatic heterocycles. The van der Waals surface area contributed by atoms with Crippen molar-refractivity contribution in [2.75, 3.05) is 29.9 Å². The van der Waals surface area contributed by atoms with Crippen molar-refractivity contribution in [2.24, 2.45) is 0 Å². The molecule has 1 N–H and O–H groups in total. The largest absolute Gasteiger partial charge is 0.368 e. The summed E-state index contributed by atoms with van der Waals surface area (Å²) in [4.78, 5) is 18.7. The topological polar surface area (TPSA) is 54.5 Å². The molecule has 5 heteroatoms. The van der Waals surface area contributed by atoms with Crippen LogP contribution in [0.5, 0.6) is 0 Å². The monoisotopic (exact) mass is 275 g/mol. The van der Waals surface area contributed by atoms with Crippen molar-refractivity contribution in [3.05, 3.63) is 18.3 Å². The van der Waals surface area contributed by atoms with E-state index in [0.717, 1.165) is 37.4 Å². The second-order valence-corrected chi connectivity index (χ2v) is 5.44. The van der Waals surface area contributed by atoms with Gasteiger partial charge in [-0.3, -0.25) is 4.79 Å². The number of ether oxygens (including phenoxy) is 1. The molecule has 0 unspecified atom stereocenters. The predicted molar refractivity (Wildman–Crippen MR) is 77.9 cm³/mol. The van der Waals surface area contributed by atoms with E-state index in [2.05, 4.69) is 15.2 Å². The SMILES string of the molecule is O=C(Nc1ccc(N2CCCCC2)nc1)[C@H]1CCCO1. The van der Waals surface area contributed by atoms with Gasteiger partial charge in [0.25, 0.3) is 5.91 Å². The van der Waals surface area contributed by atoms with Gasteiger partial charge >= 0.3 is 0 Å². The lowest BCUT2D eigenvalue weighted by Crippen LogP contribution is -2.30. The molecule has 2 saturated heterocycles. The molecule has 3 rings (SSSR count). The number of carbonyl (C=O) groups excluding carboxylic acids is 1. The predicted octanol–water partition coefficient (Wildman–Crippen LogP) is 2.19. The van der Waals surface area contributed by atoms with Crippen LogP contribution in [0.2, 0.25) is 0 Å². The maximum atomic E-state index is 11.9. The summed E-state index contributed by atoms with van der Waals surface area (Å²) in [5, 5.41) is 2.87. The summed E-state index contributed by atoms with van der Waals surface area (Å²) in [6.07, 6.45) is 6.99. The van der Waals surface area contributed by atoms with Crippen molar-refractivity contribution in [3.8, 4) is 0 Å². The first-order chi connectivity index (χ1) is 9.83. The van der Waals surface area contributed by atoms with Crippen LogP contribution in [0.1, 0.15) is 32.1 Å². The lowest BCUT2D eigenvalue weighted by molar-refractivity contribution is -0.124. The van der Waals surface area contributed by atoms with E-state index in [1.807, 2.05) is 12.1 Å². The molecule has 2 aliphatic rings. The van der Waals surface area contributed by atoms with Crippen molar-refractivity contribution >= 4 is 17.4 Å². The Morgan fingerprint density at radius 2 is 2.10 bits per heavy atom. The maximum Gasteiger partial charge on any atom is 0.253 e. The molecule has 1 aromatic rings. The maximum absolute atomic E-state index is 11.9. The summed E-state index contributed by atoms with van der Waals surface area (Å²) in [6, 6.07) is 3.90. The van der Waals surface area contributed by atoms with E-state index in [4.69, 9.17) is 4.74 Å². The number of carbonyl (C=O) groups is 1. The number of rotatable bonds is 3. The zero-order chi connectivity index (χ0) is 13.8. The highest BCUT2D eigenvalue weighted by atomic mass is 16.5. The molecular weight excluding hydrogens is 254 g/mol. The minimum atomic E-state index is -0.295. The summed E-state index contributed by atoms with van der Waals surface area (Å²) < 4.78 is 5.37. The molecule has 0 radical (unpaired) electrons. The van der Waals surface area contributed by atoms with Gasteiger partial charge in [0.1, 0.15) is 11.9 Å². The molecule has 0 bridgehead atoms. The Hall–Kier alpha value is -1.62. The molecule has 1 aromatic heterocycles. The normalized spacial score (nSPS) is 22.8. The van der Waals surface area contributed by atoms with Gasteiger partial charge in [0.05, 0.1) is 11.9 Å². The van der Waals surface area contributed by atoms with Crippen LogP contribution in [-0.2, 0) is 9.53 Å². The highest BCUT2D eigenvalue weighted by molar-refractivity contribution is 5.94. The standard InChI is InChI=1S/C15H21N3O2/c19-15(13-5-4-10-20-13)17-12-6-7-14(16-11-12)18-8-2-1-3-9-18/h6-7,11,13H,1-5,8-10H2,(H,17,19)/t13-/m1/s1. The number of hydrogen-bond acceptors (Lipinski definition) is 4. The van der Waals surface area contributed by atoms with E-state index in [1.165, 1.54) is 19.3 Å². The third-order valence-corrected chi connectivity index (χ3v) is 3.92. The number of amides is 1. The van der Waals surface area contributed by atoms with Gasteiger partial charge in [0.2, 0.25) is 0 Å². The van der Waals surface area contributed by atoms with Crippen LogP contribution in [0.15, 0.2) is 18.3 Å². The number of hydrogen-bond donors (Lipinski definition) is 1. The van der Waals surface area contributed by atoms with E-state index in [9.17, 15) is 4.79 Å². The second kappa shape index (κ2) is 6.22. The Balaban J connectivity index is 1.59. The van der Waals surface area contributed by atoms with E-state index in [-0.39, 0.29) is 12.0 Å². The highest BCUT2D eigenvalue weighted by Crippen LogP contribution is 2.20. The number of nitrogens with zero attached hydrogens (tertiary/aromatic N) is 2. The Morgan fingerprint density at radius 1 is 1.25 bits per heavy atom. The molecule has 0 aliphatic carbocycles. The van der Waals surface area contributed by atoms with Gasteiger partial charge in [-0.25, -0.2) is 4.98 Å². The number of anilines is 2. The summed E-state index contributed by atoms with van der Waals surface area (Å²) in [5.74, 6) is 0.940. The molecular formula is C15H21N3O2. The van der Waals surface area contributed by atoms with Crippen molar-refractivity contribution in [1.29, 1.82) is 0 Å². The summed E-state index contributed by atoms with van der Waals surface area (Å²) >= 11 is 0. The smallest absolute Gasteiger partial charge is 0.253 e. The molecule has 0 saturated carbocycles. The van der Waals surface area contributed by atoms with Crippen molar-refractivity contribution in [3.63, 3.8) is 0 Å². The van der Waals surface area contributed by atoms with Gasteiger partial charge < -0.3 is 15.0 Å². The van der Waals surface area contributed by atoms with Gasteiger partial charge in [-0.15, -0.1) is 0 Å². The first-order valence-electron chi connectivity index (χ1n) is 7.46. The number of aromatic nitrogens is 1. The first kappa shape index (κ1) is 13.4. The average molecular weight is 275 g/mol. The zero-order valence-electron chi connectivity index (χ0n) is 11.7. The minimum absolute atomic E-state index is 0.0602. The average Bonchev–Trinajstić information content (AvgIpc) is 3.03. The Labute approximate surface area is 119 Å². The van der Waals surface area contributed by atoms with E-state index in [1.54, 1.807) is 6.20 Å². The van der Waals surface area contributed by atoms with E-state index >= 15 is 0 Å². The molecule has 5 nitrogen and oxygen atoms in total. The number of nitrogens with one attached hydrogen (secondary N) is 1. The molecule has 1 amide bonds. The highest BCUT2D eigenvalue weighted by Gasteiger charge is 2.23. The van der Waals surface area contributed by atoms with Crippen molar-refractivity contribution in [1.82, 2.24) is 4.98 Å². The summed E-state index contributed by atoms with van der Waals surface area (Å²) in [6.45, 7) is 2.84. The van der Waals surface area contributed by atoms with E-state index in [0.29, 0.717) is 6.61 Å². The van der Waals surface area contributed by atoms with Crippen LogP contribution >= 0.6 is 0 Å². The van der Waals surface area contributed by atoms with Crippen molar-refractivity contribution in [2.45, 2.75) is 38.2 Å². The third-order valence-electron chi connectivity index (χ3n) is 3.92. The van der Waals surface area contributed by atoms with Gasteiger partial charge in [-0.1, -0.05) is 0 Å². The molecule has 108 valence electrons. The van der Waals surface area contributed by atoms with Crippen LogP contribution in [0, 0.1) is 0 Å². The second-order valence-electron chi connectivity index (χ2n) is 5.44. The van der Waals surface area contributed by atoms with Crippen LogP contribution in [-0.4, -0.2) is 36.7 Å². The number of pyridine rings is 1. The van der Waals surface area contributed by atoms with Crippen molar-refractivity contribution < 1.29 is 9.53 Å². The fourth-order valence-corrected chi connectivity index (χ4v) is 2.78. The Morgan fingerprint density at radius 3 is 2.75 bits per heavy atom. The van der Waals surface area contributed by atoms with Crippen LogP contribution in [0.25, 0.3) is 0 Å². The van der Waals surface area contributed by atoms with E-state index < -0.39 is 0 Å². The summed E-state index contributed by atoms with van der Waals surface area (Å²) in [5.41, 5.74) is 0.742. The lowest BCUT2D eigenvalue weighted by atomic mass is 10.1. The fraction of sp³-hybridized carbons (Fsp3) is 0.600. The van der Waals surface area contributed by atoms with Crippen LogP contribution in [0.4, 0.5) is 11.5 Å². The molecule has 2 fully saturated rings. The van der Waals surface area contributed by atoms with Gasteiger partial charge in [0, 0.05) is 19.7 Å². The molecule has 3 heterocycles. The van der Waals surface area contributed by atoms with Gasteiger partial charge in [0.15, 0.2) is 0 Å². The summed E-state index contributed by atoms with van der Waals surface area (Å²) in [7, 11) is 0. The third kappa shape index (κ3) is 3.10. The molecule has 1 atom stereocenters. The Kier molecular flexibility index (Phi) is 4.16. The molecule has 0 aromatic carbocycles. The van der Waals surface area contributed by atoms with Gasteiger partial charge in [-0.05, 0) is 44.2 Å². The molecule has 0 spiro atoms. The molecule has 20 heavy (non-hydrogen) atoms. The Bertz CT molecular complexity index is 449. The van der Waals surface area contributed by atoms with Crippen LogP contribution in [0.3, 0.4) is 0 Å². The lowest BCUT2D eigenvalue weighted by Gasteiger charge is -2.27. The minimum Gasteiger partial charge on any atom is -0.368 e. The van der Waals surface area contributed by atoms with Crippen LogP contribution < -0.4 is 10.2 Å². The first-order valence-corrected chi connectivity index (χ1v) is 7.46. The fourth-order valence-electron chi connectivity index (χ4n) is 2.78. The number of piperidine rings is 1.